The first kappa shape index (κ1) is 14.4. The van der Waals surface area contributed by atoms with Gasteiger partial charge in [0, 0.05) is 16.7 Å². The lowest BCUT2D eigenvalue weighted by molar-refractivity contribution is 0.401. The first-order chi connectivity index (χ1) is 9.47. The van der Waals surface area contributed by atoms with Crippen molar-refractivity contribution >= 4 is 31.6 Å². The molecular formula is C14H19BrN2O2S. The standard InChI is InChI=1S/C14H19BrN2O2S/c15-13-7-11(16)5-6-14(13)20(18,19)17-8-12(9-1-2-9)10-3-4-10/h5-7,9-10,12,17H,1-4,8,16H2. The van der Waals surface area contributed by atoms with Crippen LogP contribution in [0.5, 0.6) is 0 Å². The van der Waals surface area contributed by atoms with Gasteiger partial charge in [0.05, 0.1) is 4.90 Å². The Morgan fingerprint density at radius 1 is 1.25 bits per heavy atom. The average molecular weight is 359 g/mol. The maximum atomic E-state index is 12.4. The number of hydrogen-bond acceptors (Lipinski definition) is 3. The quantitative estimate of drug-likeness (QED) is 0.767. The third-order valence-electron chi connectivity index (χ3n) is 4.21. The molecule has 1 aromatic carbocycles. The molecule has 0 bridgehead atoms. The van der Waals surface area contributed by atoms with Gasteiger partial charge in [0.2, 0.25) is 10.0 Å². The number of nitrogen functional groups attached to an aromatic ring is 1. The molecule has 6 heteroatoms. The third kappa shape index (κ3) is 3.18. The predicted molar refractivity (Wildman–Crippen MR) is 82.7 cm³/mol. The van der Waals surface area contributed by atoms with Crippen LogP contribution in [-0.4, -0.2) is 15.0 Å². The Kier molecular flexibility index (Phi) is 3.81. The van der Waals surface area contributed by atoms with Crippen LogP contribution in [0.15, 0.2) is 27.6 Å². The number of hydrogen-bond donors (Lipinski definition) is 2. The Bertz CT molecular complexity index is 598. The van der Waals surface area contributed by atoms with Crippen LogP contribution in [0.3, 0.4) is 0 Å². The highest BCUT2D eigenvalue weighted by Gasteiger charge is 2.41. The van der Waals surface area contributed by atoms with E-state index in [-0.39, 0.29) is 4.90 Å². The summed E-state index contributed by atoms with van der Waals surface area (Å²) in [4.78, 5) is 0.261. The van der Waals surface area contributed by atoms with E-state index in [0.717, 1.165) is 11.8 Å². The van der Waals surface area contributed by atoms with Gasteiger partial charge in [0.25, 0.3) is 0 Å². The van der Waals surface area contributed by atoms with E-state index in [1.54, 1.807) is 18.2 Å². The number of rotatable bonds is 6. The van der Waals surface area contributed by atoms with Gasteiger partial charge in [-0.25, -0.2) is 13.1 Å². The fourth-order valence-electron chi connectivity index (χ4n) is 2.79. The summed E-state index contributed by atoms with van der Waals surface area (Å²) < 4.78 is 28.0. The van der Waals surface area contributed by atoms with E-state index in [0.29, 0.717) is 22.6 Å². The van der Waals surface area contributed by atoms with Gasteiger partial charge in [0.15, 0.2) is 0 Å². The molecule has 4 nitrogen and oxygen atoms in total. The van der Waals surface area contributed by atoms with E-state index in [9.17, 15) is 8.42 Å². The van der Waals surface area contributed by atoms with Crippen molar-refractivity contribution in [1.82, 2.24) is 4.72 Å². The zero-order valence-electron chi connectivity index (χ0n) is 11.2. The van der Waals surface area contributed by atoms with Gasteiger partial charge in [0.1, 0.15) is 0 Å². The fourth-order valence-corrected chi connectivity index (χ4v) is 4.95. The highest BCUT2D eigenvalue weighted by molar-refractivity contribution is 9.10. The van der Waals surface area contributed by atoms with Gasteiger partial charge >= 0.3 is 0 Å². The van der Waals surface area contributed by atoms with Crippen molar-refractivity contribution in [2.24, 2.45) is 17.8 Å². The van der Waals surface area contributed by atoms with Crippen molar-refractivity contribution in [3.8, 4) is 0 Å². The molecule has 20 heavy (non-hydrogen) atoms. The molecular weight excluding hydrogens is 340 g/mol. The van der Waals surface area contributed by atoms with E-state index in [1.807, 2.05) is 0 Å². The molecule has 110 valence electrons. The number of sulfonamides is 1. The first-order valence-corrected chi connectivity index (χ1v) is 9.29. The molecule has 0 amide bonds. The van der Waals surface area contributed by atoms with Crippen molar-refractivity contribution in [3.05, 3.63) is 22.7 Å². The van der Waals surface area contributed by atoms with E-state index < -0.39 is 10.0 Å². The van der Waals surface area contributed by atoms with Crippen molar-refractivity contribution in [2.75, 3.05) is 12.3 Å². The minimum absolute atomic E-state index is 0.261. The monoisotopic (exact) mass is 358 g/mol. The van der Waals surface area contributed by atoms with E-state index in [4.69, 9.17) is 5.73 Å². The topological polar surface area (TPSA) is 72.2 Å². The molecule has 2 aliphatic rings. The van der Waals surface area contributed by atoms with Gasteiger partial charge in [-0.2, -0.15) is 0 Å². The van der Waals surface area contributed by atoms with Crippen LogP contribution in [0.2, 0.25) is 0 Å². The molecule has 0 aromatic heterocycles. The van der Waals surface area contributed by atoms with Crippen LogP contribution in [0.4, 0.5) is 5.69 Å². The summed E-state index contributed by atoms with van der Waals surface area (Å²) in [5.41, 5.74) is 6.19. The summed E-state index contributed by atoms with van der Waals surface area (Å²) >= 11 is 3.27. The first-order valence-electron chi connectivity index (χ1n) is 7.02. The zero-order valence-corrected chi connectivity index (χ0v) is 13.6. The summed E-state index contributed by atoms with van der Waals surface area (Å²) in [5, 5.41) is 0. The van der Waals surface area contributed by atoms with Gasteiger partial charge in [-0.05, 0) is 77.6 Å². The summed E-state index contributed by atoms with van der Waals surface area (Å²) in [5.74, 6) is 2.00. The SMILES string of the molecule is Nc1ccc(S(=O)(=O)NCC(C2CC2)C2CC2)c(Br)c1. The highest BCUT2D eigenvalue weighted by atomic mass is 79.9. The van der Waals surface area contributed by atoms with Gasteiger partial charge < -0.3 is 5.73 Å². The minimum Gasteiger partial charge on any atom is -0.399 e. The number of anilines is 1. The second kappa shape index (κ2) is 5.31. The largest absolute Gasteiger partial charge is 0.399 e. The minimum atomic E-state index is -3.47. The van der Waals surface area contributed by atoms with Crippen LogP contribution in [0.25, 0.3) is 0 Å². The molecule has 2 saturated carbocycles. The molecule has 0 heterocycles. The van der Waals surface area contributed by atoms with Crippen LogP contribution in [0, 0.1) is 17.8 Å². The molecule has 2 aliphatic carbocycles. The Hall–Kier alpha value is -0.590. The average Bonchev–Trinajstić information content (AvgIpc) is 3.23. The van der Waals surface area contributed by atoms with Crippen LogP contribution in [0.1, 0.15) is 25.7 Å². The number of halogens is 1. The number of nitrogens with one attached hydrogen (secondary N) is 1. The van der Waals surface area contributed by atoms with E-state index in [2.05, 4.69) is 20.7 Å². The molecule has 0 spiro atoms. The Labute approximate surface area is 128 Å². The highest BCUT2D eigenvalue weighted by Crippen LogP contribution is 2.48. The zero-order chi connectivity index (χ0) is 14.3. The molecule has 0 radical (unpaired) electrons. The molecule has 3 rings (SSSR count). The van der Waals surface area contributed by atoms with Crippen molar-refractivity contribution in [1.29, 1.82) is 0 Å². The molecule has 0 aliphatic heterocycles. The fraction of sp³-hybridized carbons (Fsp3) is 0.571. The van der Waals surface area contributed by atoms with Crippen LogP contribution in [-0.2, 0) is 10.0 Å². The lowest BCUT2D eigenvalue weighted by atomic mass is 9.99. The van der Waals surface area contributed by atoms with Gasteiger partial charge in [-0.1, -0.05) is 0 Å². The maximum absolute atomic E-state index is 12.4. The molecule has 0 atom stereocenters. The maximum Gasteiger partial charge on any atom is 0.241 e. The van der Waals surface area contributed by atoms with Crippen LogP contribution < -0.4 is 10.5 Å². The normalized spacial score (nSPS) is 19.5. The molecule has 2 fully saturated rings. The smallest absolute Gasteiger partial charge is 0.241 e. The lowest BCUT2D eigenvalue weighted by Crippen LogP contribution is -2.31. The summed E-state index contributed by atoms with van der Waals surface area (Å²) in [6, 6.07) is 4.78. The predicted octanol–water partition coefficient (Wildman–Crippen LogP) is 2.75. The molecule has 0 saturated heterocycles. The van der Waals surface area contributed by atoms with Crippen LogP contribution >= 0.6 is 15.9 Å². The Morgan fingerprint density at radius 3 is 2.35 bits per heavy atom. The second-order valence-corrected chi connectivity index (χ2v) is 8.47. The molecule has 1 aromatic rings. The van der Waals surface area contributed by atoms with Gasteiger partial charge in [-0.3, -0.25) is 0 Å². The number of benzene rings is 1. The molecule has 0 unspecified atom stereocenters. The second-order valence-electron chi connectivity index (χ2n) is 5.88. The summed E-state index contributed by atoms with van der Waals surface area (Å²) in [6.45, 7) is 0.564. The van der Waals surface area contributed by atoms with E-state index >= 15 is 0 Å². The van der Waals surface area contributed by atoms with E-state index in [1.165, 1.54) is 25.7 Å². The van der Waals surface area contributed by atoms with Crippen molar-refractivity contribution in [2.45, 2.75) is 30.6 Å². The van der Waals surface area contributed by atoms with Gasteiger partial charge in [-0.15, -0.1) is 0 Å². The lowest BCUT2D eigenvalue weighted by Gasteiger charge is -2.17. The third-order valence-corrected chi connectivity index (χ3v) is 6.61. The van der Waals surface area contributed by atoms with Crippen molar-refractivity contribution in [3.63, 3.8) is 0 Å². The Balaban J connectivity index is 1.71. The summed E-state index contributed by atoms with van der Waals surface area (Å²) in [6.07, 6.45) is 5.03. The number of nitrogens with two attached hydrogens (primary N) is 1. The Morgan fingerprint density at radius 2 is 1.85 bits per heavy atom. The summed E-state index contributed by atoms with van der Waals surface area (Å²) in [7, 11) is -3.47. The van der Waals surface area contributed by atoms with Crippen molar-refractivity contribution < 1.29 is 8.42 Å². The molecule has 3 N–H and O–H groups in total.